The van der Waals surface area contributed by atoms with E-state index in [0.29, 0.717) is 0 Å². The standard InChI is InChI=1S/C14H15NO4/c1-2-10(14(17)18)13(16)15-7-9-8-19-12-6-4-3-5-11(9)12/h3-6,8,10H,2,7H2,1H3,(H,15,16)(H,17,18). The Labute approximate surface area is 110 Å². The van der Waals surface area contributed by atoms with E-state index in [0.717, 1.165) is 16.5 Å². The van der Waals surface area contributed by atoms with Crippen molar-refractivity contribution in [2.24, 2.45) is 5.92 Å². The molecule has 1 atom stereocenters. The van der Waals surface area contributed by atoms with Crippen LogP contribution in [0.3, 0.4) is 0 Å². The van der Waals surface area contributed by atoms with E-state index >= 15 is 0 Å². The van der Waals surface area contributed by atoms with Crippen LogP contribution in [-0.2, 0) is 16.1 Å². The van der Waals surface area contributed by atoms with E-state index in [4.69, 9.17) is 9.52 Å². The van der Waals surface area contributed by atoms with E-state index in [1.54, 1.807) is 13.2 Å². The Bertz CT molecular complexity index is 602. The lowest BCUT2D eigenvalue weighted by atomic mass is 10.1. The fourth-order valence-corrected chi connectivity index (χ4v) is 1.95. The number of carbonyl (C=O) groups excluding carboxylic acids is 1. The van der Waals surface area contributed by atoms with Gasteiger partial charge in [0.15, 0.2) is 0 Å². The third-order valence-electron chi connectivity index (χ3n) is 3.04. The summed E-state index contributed by atoms with van der Waals surface area (Å²) < 4.78 is 5.35. The van der Waals surface area contributed by atoms with Gasteiger partial charge in [-0.3, -0.25) is 9.59 Å². The normalized spacial score (nSPS) is 12.3. The number of hydrogen-bond acceptors (Lipinski definition) is 3. The van der Waals surface area contributed by atoms with E-state index in [1.165, 1.54) is 0 Å². The van der Waals surface area contributed by atoms with Gasteiger partial charge in [0.1, 0.15) is 11.5 Å². The number of aliphatic carboxylic acids is 1. The van der Waals surface area contributed by atoms with Crippen LogP contribution in [0, 0.1) is 5.92 Å². The number of carboxylic acid groups (broad SMARTS) is 1. The van der Waals surface area contributed by atoms with Crippen LogP contribution in [-0.4, -0.2) is 17.0 Å². The highest BCUT2D eigenvalue weighted by Crippen LogP contribution is 2.20. The third-order valence-corrected chi connectivity index (χ3v) is 3.04. The Morgan fingerprint density at radius 3 is 2.79 bits per heavy atom. The molecule has 1 heterocycles. The van der Waals surface area contributed by atoms with Gasteiger partial charge in [0, 0.05) is 17.5 Å². The highest BCUT2D eigenvalue weighted by molar-refractivity contribution is 5.97. The maximum atomic E-state index is 11.7. The van der Waals surface area contributed by atoms with Crippen LogP contribution < -0.4 is 5.32 Å². The topological polar surface area (TPSA) is 79.5 Å². The predicted molar refractivity (Wildman–Crippen MR) is 69.5 cm³/mol. The van der Waals surface area contributed by atoms with Crippen molar-refractivity contribution in [3.05, 3.63) is 36.1 Å². The number of amides is 1. The first-order valence-electron chi connectivity index (χ1n) is 6.09. The highest BCUT2D eigenvalue weighted by Gasteiger charge is 2.23. The second kappa shape index (κ2) is 5.56. The van der Waals surface area contributed by atoms with Gasteiger partial charge in [0.25, 0.3) is 0 Å². The van der Waals surface area contributed by atoms with Gasteiger partial charge in [-0.2, -0.15) is 0 Å². The Morgan fingerprint density at radius 1 is 1.37 bits per heavy atom. The summed E-state index contributed by atoms with van der Waals surface area (Å²) in [6.45, 7) is 1.94. The number of carbonyl (C=O) groups is 2. The van der Waals surface area contributed by atoms with Crippen molar-refractivity contribution >= 4 is 22.8 Å². The summed E-state index contributed by atoms with van der Waals surface area (Å²) in [5.74, 6) is -2.57. The molecule has 5 nitrogen and oxygen atoms in total. The number of rotatable bonds is 5. The summed E-state index contributed by atoms with van der Waals surface area (Å²) in [5.41, 5.74) is 1.58. The van der Waals surface area contributed by atoms with Gasteiger partial charge in [-0.05, 0) is 12.5 Å². The van der Waals surface area contributed by atoms with Gasteiger partial charge in [-0.1, -0.05) is 25.1 Å². The van der Waals surface area contributed by atoms with Crippen LogP contribution >= 0.6 is 0 Å². The quantitative estimate of drug-likeness (QED) is 0.808. The molecule has 0 bridgehead atoms. The van der Waals surface area contributed by atoms with E-state index in [1.807, 2.05) is 24.3 Å². The smallest absolute Gasteiger partial charge is 0.316 e. The van der Waals surface area contributed by atoms with Gasteiger partial charge in [-0.15, -0.1) is 0 Å². The Balaban J connectivity index is 2.06. The lowest BCUT2D eigenvalue weighted by Gasteiger charge is -2.09. The number of benzene rings is 1. The van der Waals surface area contributed by atoms with Crippen molar-refractivity contribution in [2.75, 3.05) is 0 Å². The number of carboxylic acids is 1. The van der Waals surface area contributed by atoms with Crippen molar-refractivity contribution in [2.45, 2.75) is 19.9 Å². The molecule has 2 rings (SSSR count). The Morgan fingerprint density at radius 2 is 2.11 bits per heavy atom. The predicted octanol–water partition coefficient (Wildman–Crippen LogP) is 2.16. The molecule has 0 saturated heterocycles. The number of fused-ring (bicyclic) bond motifs is 1. The van der Waals surface area contributed by atoms with Crippen LogP contribution in [0.2, 0.25) is 0 Å². The monoisotopic (exact) mass is 261 g/mol. The number of furan rings is 1. The maximum absolute atomic E-state index is 11.7. The number of para-hydroxylation sites is 1. The minimum Gasteiger partial charge on any atom is -0.481 e. The average Bonchev–Trinajstić information content (AvgIpc) is 2.80. The van der Waals surface area contributed by atoms with Crippen LogP contribution in [0.15, 0.2) is 34.9 Å². The Hall–Kier alpha value is -2.30. The zero-order valence-electron chi connectivity index (χ0n) is 10.6. The van der Waals surface area contributed by atoms with Crippen LogP contribution in [0.4, 0.5) is 0 Å². The van der Waals surface area contributed by atoms with Gasteiger partial charge in [0.05, 0.1) is 6.26 Å². The van der Waals surface area contributed by atoms with Gasteiger partial charge in [0.2, 0.25) is 5.91 Å². The number of nitrogens with one attached hydrogen (secondary N) is 1. The summed E-state index contributed by atoms with van der Waals surface area (Å²) >= 11 is 0. The van der Waals surface area contributed by atoms with Gasteiger partial charge >= 0.3 is 5.97 Å². The molecule has 5 heteroatoms. The molecular weight excluding hydrogens is 246 g/mol. The third kappa shape index (κ3) is 2.76. The van der Waals surface area contributed by atoms with Crippen molar-refractivity contribution in [3.63, 3.8) is 0 Å². The zero-order valence-corrected chi connectivity index (χ0v) is 10.6. The fourth-order valence-electron chi connectivity index (χ4n) is 1.95. The van der Waals surface area contributed by atoms with E-state index < -0.39 is 17.8 Å². The molecule has 100 valence electrons. The molecule has 0 radical (unpaired) electrons. The molecular formula is C14H15NO4. The molecule has 0 aliphatic heterocycles. The minimum atomic E-state index is -1.10. The molecule has 0 aliphatic carbocycles. The lowest BCUT2D eigenvalue weighted by Crippen LogP contribution is -2.34. The van der Waals surface area contributed by atoms with Gasteiger partial charge in [-0.25, -0.2) is 0 Å². The van der Waals surface area contributed by atoms with Crippen molar-refractivity contribution in [3.8, 4) is 0 Å². The first-order valence-corrected chi connectivity index (χ1v) is 6.09. The molecule has 2 aromatic rings. The summed E-state index contributed by atoms with van der Waals surface area (Å²) in [4.78, 5) is 22.6. The first-order chi connectivity index (χ1) is 9.13. The van der Waals surface area contributed by atoms with E-state index in [-0.39, 0.29) is 13.0 Å². The van der Waals surface area contributed by atoms with Crippen LogP contribution in [0.1, 0.15) is 18.9 Å². The lowest BCUT2D eigenvalue weighted by molar-refractivity contribution is -0.147. The maximum Gasteiger partial charge on any atom is 0.316 e. The second-order valence-corrected chi connectivity index (χ2v) is 4.27. The summed E-state index contributed by atoms with van der Waals surface area (Å²) in [6, 6.07) is 7.49. The zero-order chi connectivity index (χ0) is 13.8. The molecule has 19 heavy (non-hydrogen) atoms. The minimum absolute atomic E-state index is 0.264. The molecule has 1 aromatic heterocycles. The summed E-state index contributed by atoms with van der Waals surface area (Å²) in [7, 11) is 0. The molecule has 2 N–H and O–H groups in total. The first kappa shape index (κ1) is 13.1. The molecule has 1 aromatic carbocycles. The van der Waals surface area contributed by atoms with E-state index in [2.05, 4.69) is 5.32 Å². The Kier molecular flexibility index (Phi) is 3.85. The molecule has 0 aliphatic rings. The second-order valence-electron chi connectivity index (χ2n) is 4.27. The van der Waals surface area contributed by atoms with Crippen molar-refractivity contribution in [1.29, 1.82) is 0 Å². The molecule has 1 amide bonds. The van der Waals surface area contributed by atoms with Crippen molar-refractivity contribution < 1.29 is 19.1 Å². The highest BCUT2D eigenvalue weighted by atomic mass is 16.4. The molecule has 0 fully saturated rings. The average molecular weight is 261 g/mol. The van der Waals surface area contributed by atoms with Crippen LogP contribution in [0.5, 0.6) is 0 Å². The van der Waals surface area contributed by atoms with E-state index in [9.17, 15) is 9.59 Å². The van der Waals surface area contributed by atoms with Crippen LogP contribution in [0.25, 0.3) is 11.0 Å². The number of hydrogen-bond donors (Lipinski definition) is 2. The molecule has 0 saturated carbocycles. The summed E-state index contributed by atoms with van der Waals surface area (Å²) in [5, 5.41) is 12.4. The largest absolute Gasteiger partial charge is 0.481 e. The molecule has 1 unspecified atom stereocenters. The van der Waals surface area contributed by atoms with Crippen molar-refractivity contribution in [1.82, 2.24) is 5.32 Å². The van der Waals surface area contributed by atoms with Gasteiger partial charge < -0.3 is 14.8 Å². The summed E-state index contributed by atoms with van der Waals surface area (Å²) in [6.07, 6.45) is 1.85. The SMILES string of the molecule is CCC(C(=O)O)C(=O)NCc1coc2ccccc12. The fraction of sp³-hybridized carbons (Fsp3) is 0.286. The molecule has 0 spiro atoms.